The van der Waals surface area contributed by atoms with Gasteiger partial charge in [0.25, 0.3) is 0 Å². The molecule has 2 heterocycles. The summed E-state index contributed by atoms with van der Waals surface area (Å²) in [5, 5.41) is 12.6. The molecule has 0 aromatic carbocycles. The molecule has 1 aliphatic rings. The van der Waals surface area contributed by atoms with Crippen LogP contribution in [0.4, 0.5) is 5.82 Å². The van der Waals surface area contributed by atoms with Gasteiger partial charge in [-0.15, -0.1) is 0 Å². The van der Waals surface area contributed by atoms with Gasteiger partial charge in [-0.05, 0) is 94.8 Å². The Morgan fingerprint density at radius 1 is 1.33 bits per heavy atom. The van der Waals surface area contributed by atoms with E-state index < -0.39 is 0 Å². The fraction of sp³-hybridized carbons (Fsp3) is 0.483. The smallest absolute Gasteiger partial charge is 0.130 e. The minimum Gasteiger partial charge on any atom is -0.402 e. The average molecular weight is 507 g/mol. The Labute approximate surface area is 221 Å². The second-order valence-corrected chi connectivity index (χ2v) is 11.0. The second-order valence-electron chi connectivity index (χ2n) is 9.89. The number of aromatic nitrogens is 2. The van der Waals surface area contributed by atoms with Crippen LogP contribution in [0, 0.1) is 18.3 Å². The predicted octanol–water partition coefficient (Wildman–Crippen LogP) is 6.63. The number of allylic oxidation sites excluding steroid dienone is 2. The lowest BCUT2D eigenvalue weighted by molar-refractivity contribution is 0.196. The van der Waals surface area contributed by atoms with Crippen molar-refractivity contribution in [2.75, 3.05) is 18.4 Å². The van der Waals surface area contributed by atoms with Crippen LogP contribution >= 0.6 is 11.8 Å². The standard InChI is InChI=1S/C29H42N6S/c1-6-21(3)35(17-14-24-10-11-24)16-7-8-25-13-15-32-28(18-25)33-23(5)36-29-20(2)9-12-27(34-29)26(19-30)22(4)31/h9,12-13,15,18-19,21,24,30H,5-8,10-11,14,16-17,31H2,1-4H3,(H,32,33)/b26-22+,30-19?. The molecule has 0 saturated heterocycles. The van der Waals surface area contributed by atoms with Gasteiger partial charge in [-0.2, -0.15) is 0 Å². The van der Waals surface area contributed by atoms with Crippen molar-refractivity contribution < 1.29 is 0 Å². The highest BCUT2D eigenvalue weighted by Gasteiger charge is 2.23. The summed E-state index contributed by atoms with van der Waals surface area (Å²) < 4.78 is 0. The fourth-order valence-electron chi connectivity index (χ4n) is 4.19. The van der Waals surface area contributed by atoms with Gasteiger partial charge in [-0.1, -0.05) is 44.2 Å². The summed E-state index contributed by atoms with van der Waals surface area (Å²) in [4.78, 5) is 11.9. The van der Waals surface area contributed by atoms with Crippen molar-refractivity contribution >= 4 is 29.4 Å². The van der Waals surface area contributed by atoms with E-state index in [1.165, 1.54) is 55.8 Å². The second kappa shape index (κ2) is 13.6. The summed E-state index contributed by atoms with van der Waals surface area (Å²) in [7, 11) is 0. The Hall–Kier alpha value is -2.64. The molecule has 36 heavy (non-hydrogen) atoms. The quantitative estimate of drug-likeness (QED) is 0.185. The summed E-state index contributed by atoms with van der Waals surface area (Å²) in [5.41, 5.74) is 10.1. The zero-order chi connectivity index (χ0) is 26.1. The van der Waals surface area contributed by atoms with E-state index in [1.807, 2.05) is 25.3 Å². The van der Waals surface area contributed by atoms with Gasteiger partial charge < -0.3 is 21.4 Å². The number of nitrogens with zero attached hydrogens (tertiary/aromatic N) is 3. The molecule has 2 aromatic rings. The molecule has 1 saturated carbocycles. The van der Waals surface area contributed by atoms with Gasteiger partial charge in [0.2, 0.25) is 0 Å². The molecule has 1 atom stereocenters. The first-order valence-electron chi connectivity index (χ1n) is 13.1. The lowest BCUT2D eigenvalue weighted by atomic mass is 10.1. The van der Waals surface area contributed by atoms with E-state index in [1.54, 1.807) is 6.92 Å². The minimum absolute atomic E-state index is 0.574. The molecule has 1 aliphatic carbocycles. The van der Waals surface area contributed by atoms with E-state index in [9.17, 15) is 0 Å². The van der Waals surface area contributed by atoms with Crippen LogP contribution in [-0.2, 0) is 6.42 Å². The van der Waals surface area contributed by atoms with Gasteiger partial charge in [0.15, 0.2) is 0 Å². The third-order valence-electron chi connectivity index (χ3n) is 6.85. The van der Waals surface area contributed by atoms with Crippen LogP contribution in [0.5, 0.6) is 0 Å². The topological polar surface area (TPSA) is 90.9 Å². The third kappa shape index (κ3) is 8.49. The number of thioether (sulfide) groups is 1. The first-order valence-corrected chi connectivity index (χ1v) is 13.9. The van der Waals surface area contributed by atoms with E-state index in [-0.39, 0.29) is 0 Å². The maximum Gasteiger partial charge on any atom is 0.130 e. The number of anilines is 1. The number of aryl methyl sites for hydroxylation is 2. The molecule has 2 aromatic heterocycles. The van der Waals surface area contributed by atoms with Crippen LogP contribution in [0.2, 0.25) is 0 Å². The Balaban J connectivity index is 1.56. The number of rotatable bonds is 15. The molecule has 0 amide bonds. The molecule has 0 radical (unpaired) electrons. The van der Waals surface area contributed by atoms with E-state index in [2.05, 4.69) is 47.8 Å². The van der Waals surface area contributed by atoms with E-state index >= 15 is 0 Å². The van der Waals surface area contributed by atoms with Crippen molar-refractivity contribution in [1.82, 2.24) is 14.9 Å². The van der Waals surface area contributed by atoms with Crippen molar-refractivity contribution in [2.24, 2.45) is 11.7 Å². The maximum absolute atomic E-state index is 7.65. The van der Waals surface area contributed by atoms with Gasteiger partial charge in [-0.25, -0.2) is 9.97 Å². The van der Waals surface area contributed by atoms with Crippen molar-refractivity contribution in [1.29, 1.82) is 5.41 Å². The first-order chi connectivity index (χ1) is 17.3. The fourth-order valence-corrected chi connectivity index (χ4v) is 4.95. The number of hydrogen-bond donors (Lipinski definition) is 3. The summed E-state index contributed by atoms with van der Waals surface area (Å²) in [6.45, 7) is 15.0. The van der Waals surface area contributed by atoms with Crippen LogP contribution in [0.1, 0.15) is 69.7 Å². The zero-order valence-corrected chi connectivity index (χ0v) is 23.1. The van der Waals surface area contributed by atoms with Gasteiger partial charge in [0.05, 0.1) is 10.7 Å². The summed E-state index contributed by atoms with van der Waals surface area (Å²) >= 11 is 1.46. The van der Waals surface area contributed by atoms with E-state index in [0.29, 0.717) is 23.0 Å². The third-order valence-corrected chi connectivity index (χ3v) is 7.81. The Kier molecular flexibility index (Phi) is 10.6. The zero-order valence-electron chi connectivity index (χ0n) is 22.3. The van der Waals surface area contributed by atoms with Crippen molar-refractivity contribution in [3.8, 4) is 0 Å². The number of nitrogens with one attached hydrogen (secondary N) is 2. The lowest BCUT2D eigenvalue weighted by Crippen LogP contribution is -2.34. The molecule has 0 bridgehead atoms. The molecule has 4 N–H and O–H groups in total. The molecule has 6 nitrogen and oxygen atoms in total. The molecule has 0 spiro atoms. The molecule has 3 rings (SSSR count). The van der Waals surface area contributed by atoms with Crippen LogP contribution in [-0.4, -0.2) is 40.2 Å². The molecule has 1 fully saturated rings. The average Bonchev–Trinajstić information content (AvgIpc) is 3.67. The SMILES string of the molecule is C=C(Nc1cc(CCCN(CCC2CC2)C(C)CC)ccn1)Sc1nc(/C(C=N)=C(\C)N)ccc1C. The summed E-state index contributed by atoms with van der Waals surface area (Å²) in [5.74, 6) is 1.78. The van der Waals surface area contributed by atoms with Gasteiger partial charge in [0.1, 0.15) is 10.8 Å². The molecule has 0 aliphatic heterocycles. The van der Waals surface area contributed by atoms with Gasteiger partial charge >= 0.3 is 0 Å². The van der Waals surface area contributed by atoms with Gasteiger partial charge in [-0.3, -0.25) is 0 Å². The van der Waals surface area contributed by atoms with Gasteiger partial charge in [0, 0.05) is 29.7 Å². The number of hydrogen-bond acceptors (Lipinski definition) is 7. The Bertz CT molecular complexity index is 1070. The molecule has 1 unspecified atom stereocenters. The highest BCUT2D eigenvalue weighted by molar-refractivity contribution is 8.03. The number of nitrogens with two attached hydrogens (primary N) is 1. The summed E-state index contributed by atoms with van der Waals surface area (Å²) in [6.07, 6.45) is 10.7. The predicted molar refractivity (Wildman–Crippen MR) is 154 cm³/mol. The van der Waals surface area contributed by atoms with Crippen molar-refractivity contribution in [2.45, 2.75) is 77.3 Å². The minimum atomic E-state index is 0.574. The lowest BCUT2D eigenvalue weighted by Gasteiger charge is -2.28. The molecule has 194 valence electrons. The Morgan fingerprint density at radius 2 is 2.11 bits per heavy atom. The van der Waals surface area contributed by atoms with Crippen molar-refractivity contribution in [3.05, 3.63) is 64.6 Å². The van der Waals surface area contributed by atoms with Crippen LogP contribution in [0.15, 0.2) is 52.8 Å². The normalized spacial score (nSPS) is 14.9. The van der Waals surface area contributed by atoms with Crippen LogP contribution in [0.25, 0.3) is 5.57 Å². The highest BCUT2D eigenvalue weighted by Crippen LogP contribution is 2.33. The van der Waals surface area contributed by atoms with E-state index in [0.717, 1.165) is 46.7 Å². The Morgan fingerprint density at radius 3 is 2.78 bits per heavy atom. The maximum atomic E-state index is 7.65. The monoisotopic (exact) mass is 506 g/mol. The molecular formula is C29H42N6S. The van der Waals surface area contributed by atoms with E-state index in [4.69, 9.17) is 16.1 Å². The first kappa shape index (κ1) is 27.9. The summed E-state index contributed by atoms with van der Waals surface area (Å²) in [6, 6.07) is 8.76. The van der Waals surface area contributed by atoms with Crippen LogP contribution in [0.3, 0.4) is 0 Å². The van der Waals surface area contributed by atoms with Crippen LogP contribution < -0.4 is 11.1 Å². The largest absolute Gasteiger partial charge is 0.402 e. The number of pyridine rings is 2. The van der Waals surface area contributed by atoms with Crippen molar-refractivity contribution in [3.63, 3.8) is 0 Å². The molecular weight excluding hydrogens is 464 g/mol. The highest BCUT2D eigenvalue weighted by atomic mass is 32.2. The molecule has 7 heteroatoms.